The van der Waals surface area contributed by atoms with Crippen molar-refractivity contribution >= 4 is 0 Å². The van der Waals surface area contributed by atoms with Gasteiger partial charge in [-0.05, 0) is 61.6 Å². The Morgan fingerprint density at radius 3 is 2.38 bits per heavy atom. The molecule has 1 aliphatic rings. The molecule has 0 bridgehead atoms. The molecule has 2 rings (SSSR count). The van der Waals surface area contributed by atoms with Gasteiger partial charge in [-0.25, -0.2) is 0 Å². The molecule has 118 valence electrons. The van der Waals surface area contributed by atoms with E-state index in [4.69, 9.17) is 0 Å². The van der Waals surface area contributed by atoms with Crippen LogP contribution < -0.4 is 5.32 Å². The fraction of sp³-hybridized carbons (Fsp3) is 0.700. The number of rotatable bonds is 7. The van der Waals surface area contributed by atoms with Gasteiger partial charge in [0.1, 0.15) is 0 Å². The maximum atomic E-state index is 3.85. The smallest absolute Gasteiger partial charge is 0.0164 e. The molecular weight excluding hydrogens is 254 g/mol. The van der Waals surface area contributed by atoms with Crippen LogP contribution in [0.25, 0.3) is 0 Å². The van der Waals surface area contributed by atoms with Gasteiger partial charge < -0.3 is 5.32 Å². The number of hydrogen-bond donors (Lipinski definition) is 1. The summed E-state index contributed by atoms with van der Waals surface area (Å²) in [7, 11) is 0. The Morgan fingerprint density at radius 1 is 1.14 bits per heavy atom. The third kappa shape index (κ3) is 4.10. The quantitative estimate of drug-likeness (QED) is 0.733. The highest BCUT2D eigenvalue weighted by molar-refractivity contribution is 5.27. The molecule has 1 N–H and O–H groups in total. The average molecular weight is 287 g/mol. The molecule has 1 aromatic rings. The topological polar surface area (TPSA) is 12.0 Å². The zero-order valence-electron chi connectivity index (χ0n) is 14.4. The standard InChI is InChI=1S/C20H33N/c1-5-21-19(14-18-11-7-6-10-17(18)4)20(15-16(2)3)12-8-9-13-20/h6-7,10-11,16,19,21H,5,8-9,12-15H2,1-4H3. The molecule has 1 aliphatic carbocycles. The van der Waals surface area contributed by atoms with Crippen LogP contribution >= 0.6 is 0 Å². The second-order valence-corrected chi connectivity index (χ2v) is 7.41. The summed E-state index contributed by atoms with van der Waals surface area (Å²) >= 11 is 0. The highest BCUT2D eigenvalue weighted by Crippen LogP contribution is 2.46. The zero-order chi connectivity index (χ0) is 15.3. The molecule has 0 amide bonds. The van der Waals surface area contributed by atoms with Gasteiger partial charge >= 0.3 is 0 Å². The van der Waals surface area contributed by atoms with Gasteiger partial charge in [-0.1, -0.05) is 57.9 Å². The predicted molar refractivity (Wildman–Crippen MR) is 92.7 cm³/mol. The molecule has 0 spiro atoms. The van der Waals surface area contributed by atoms with Crippen molar-refractivity contribution in [3.05, 3.63) is 35.4 Å². The van der Waals surface area contributed by atoms with E-state index in [9.17, 15) is 0 Å². The molecular formula is C20H33N. The van der Waals surface area contributed by atoms with Gasteiger partial charge in [0.25, 0.3) is 0 Å². The van der Waals surface area contributed by atoms with E-state index >= 15 is 0 Å². The minimum Gasteiger partial charge on any atom is -0.313 e. The van der Waals surface area contributed by atoms with E-state index in [1.807, 2.05) is 0 Å². The molecule has 1 heteroatoms. The Balaban J connectivity index is 2.21. The number of aryl methyl sites for hydroxylation is 1. The van der Waals surface area contributed by atoms with Gasteiger partial charge in [0.15, 0.2) is 0 Å². The Hall–Kier alpha value is -0.820. The van der Waals surface area contributed by atoms with Crippen molar-refractivity contribution in [2.24, 2.45) is 11.3 Å². The summed E-state index contributed by atoms with van der Waals surface area (Å²) in [6.45, 7) is 10.4. The van der Waals surface area contributed by atoms with E-state index in [0.29, 0.717) is 11.5 Å². The first-order chi connectivity index (χ1) is 10.1. The summed E-state index contributed by atoms with van der Waals surface area (Å²) < 4.78 is 0. The van der Waals surface area contributed by atoms with E-state index in [2.05, 4.69) is 57.3 Å². The van der Waals surface area contributed by atoms with E-state index in [0.717, 1.165) is 12.5 Å². The van der Waals surface area contributed by atoms with Gasteiger partial charge in [-0.15, -0.1) is 0 Å². The fourth-order valence-corrected chi connectivity index (χ4v) is 4.40. The van der Waals surface area contributed by atoms with Gasteiger partial charge in [-0.3, -0.25) is 0 Å². The Bertz CT molecular complexity index is 429. The fourth-order valence-electron chi connectivity index (χ4n) is 4.40. The van der Waals surface area contributed by atoms with Gasteiger partial charge in [0, 0.05) is 6.04 Å². The van der Waals surface area contributed by atoms with Crippen molar-refractivity contribution in [3.8, 4) is 0 Å². The molecule has 21 heavy (non-hydrogen) atoms. The van der Waals surface area contributed by atoms with Crippen LogP contribution in [0.15, 0.2) is 24.3 Å². The molecule has 0 heterocycles. The zero-order valence-corrected chi connectivity index (χ0v) is 14.4. The van der Waals surface area contributed by atoms with Crippen LogP contribution in [-0.4, -0.2) is 12.6 Å². The highest BCUT2D eigenvalue weighted by Gasteiger charge is 2.41. The monoisotopic (exact) mass is 287 g/mol. The molecule has 1 nitrogen and oxygen atoms in total. The van der Waals surface area contributed by atoms with Crippen molar-refractivity contribution in [2.45, 2.75) is 72.3 Å². The molecule has 1 fully saturated rings. The number of likely N-dealkylation sites (N-methyl/N-ethyl adjacent to an activating group) is 1. The summed E-state index contributed by atoms with van der Waals surface area (Å²) in [5.74, 6) is 0.793. The van der Waals surface area contributed by atoms with E-state index in [1.165, 1.54) is 49.7 Å². The lowest BCUT2D eigenvalue weighted by Gasteiger charge is -2.40. The molecule has 1 saturated carbocycles. The molecule has 1 unspecified atom stereocenters. The Labute approximate surface area is 131 Å². The lowest BCUT2D eigenvalue weighted by atomic mass is 9.70. The van der Waals surface area contributed by atoms with Gasteiger partial charge in [0.05, 0.1) is 0 Å². The number of benzene rings is 1. The van der Waals surface area contributed by atoms with Crippen molar-refractivity contribution in [1.82, 2.24) is 5.32 Å². The van der Waals surface area contributed by atoms with Crippen LogP contribution in [0.5, 0.6) is 0 Å². The van der Waals surface area contributed by atoms with E-state index in [-0.39, 0.29) is 0 Å². The summed E-state index contributed by atoms with van der Waals surface area (Å²) in [5, 5.41) is 3.85. The third-order valence-electron chi connectivity index (χ3n) is 5.29. The molecule has 0 aliphatic heterocycles. The van der Waals surface area contributed by atoms with Crippen molar-refractivity contribution < 1.29 is 0 Å². The molecule has 0 saturated heterocycles. The number of nitrogens with one attached hydrogen (secondary N) is 1. The predicted octanol–water partition coefficient (Wildman–Crippen LogP) is 5.12. The third-order valence-corrected chi connectivity index (χ3v) is 5.29. The van der Waals surface area contributed by atoms with Crippen LogP contribution in [-0.2, 0) is 6.42 Å². The normalized spacial score (nSPS) is 19.1. The van der Waals surface area contributed by atoms with Crippen LogP contribution in [0.4, 0.5) is 0 Å². The second-order valence-electron chi connectivity index (χ2n) is 7.41. The molecule has 1 aromatic carbocycles. The van der Waals surface area contributed by atoms with Gasteiger partial charge in [-0.2, -0.15) is 0 Å². The maximum Gasteiger partial charge on any atom is 0.0164 e. The molecule has 1 atom stereocenters. The van der Waals surface area contributed by atoms with Crippen LogP contribution in [0.3, 0.4) is 0 Å². The molecule has 0 aromatic heterocycles. The summed E-state index contributed by atoms with van der Waals surface area (Å²) in [6.07, 6.45) is 8.22. The Kier molecular flexibility index (Phi) is 5.87. The van der Waals surface area contributed by atoms with Crippen LogP contribution in [0.1, 0.15) is 64.0 Å². The van der Waals surface area contributed by atoms with Gasteiger partial charge in [0.2, 0.25) is 0 Å². The van der Waals surface area contributed by atoms with Crippen molar-refractivity contribution in [2.75, 3.05) is 6.54 Å². The Morgan fingerprint density at radius 2 is 1.81 bits per heavy atom. The van der Waals surface area contributed by atoms with Crippen molar-refractivity contribution in [3.63, 3.8) is 0 Å². The lowest BCUT2D eigenvalue weighted by Crippen LogP contribution is -2.46. The largest absolute Gasteiger partial charge is 0.313 e. The summed E-state index contributed by atoms with van der Waals surface area (Å²) in [4.78, 5) is 0. The SMILES string of the molecule is CCNC(Cc1ccccc1C)C1(CC(C)C)CCCC1. The summed E-state index contributed by atoms with van der Waals surface area (Å²) in [6, 6.07) is 9.55. The minimum absolute atomic E-state index is 0.520. The second kappa shape index (κ2) is 7.45. The maximum absolute atomic E-state index is 3.85. The highest BCUT2D eigenvalue weighted by atomic mass is 14.9. The van der Waals surface area contributed by atoms with E-state index in [1.54, 1.807) is 0 Å². The van der Waals surface area contributed by atoms with Crippen molar-refractivity contribution in [1.29, 1.82) is 0 Å². The average Bonchev–Trinajstić information content (AvgIpc) is 2.89. The number of hydrogen-bond acceptors (Lipinski definition) is 1. The van der Waals surface area contributed by atoms with Crippen LogP contribution in [0.2, 0.25) is 0 Å². The molecule has 0 radical (unpaired) electrons. The minimum atomic E-state index is 0.520. The summed E-state index contributed by atoms with van der Waals surface area (Å²) in [5.41, 5.74) is 3.49. The first-order valence-electron chi connectivity index (χ1n) is 8.85. The van der Waals surface area contributed by atoms with E-state index < -0.39 is 0 Å². The first-order valence-corrected chi connectivity index (χ1v) is 8.85. The lowest BCUT2D eigenvalue weighted by molar-refractivity contribution is 0.155. The van der Waals surface area contributed by atoms with Crippen LogP contribution in [0, 0.1) is 18.3 Å². The first kappa shape index (κ1) is 16.5.